The van der Waals surface area contributed by atoms with Crippen LogP contribution in [0.5, 0.6) is 0 Å². The molecule has 0 fully saturated rings. The minimum atomic E-state index is -0.938. The third-order valence-corrected chi connectivity index (χ3v) is 2.64. The molecule has 1 aromatic heterocycles. The third-order valence-electron chi connectivity index (χ3n) is 2.27. The molecule has 1 atom stereocenters. The number of nitrogens with zero attached hydrogens (tertiary/aromatic N) is 2. The number of anilines is 2. The standard InChI is InChI=1S/C10H15ClN4O2/c1-2-3-4-6(10(16)17)15-9-7(11)8(12)13-5-14-9/h5-6H,2-4H2,1H3,(H,16,17)(H3,12,13,14,15). The summed E-state index contributed by atoms with van der Waals surface area (Å²) in [6.45, 7) is 1.99. The molecule has 4 N–H and O–H groups in total. The predicted octanol–water partition coefficient (Wildman–Crippen LogP) is 1.77. The van der Waals surface area contributed by atoms with Crippen LogP contribution in [0.1, 0.15) is 26.2 Å². The van der Waals surface area contributed by atoms with Gasteiger partial charge < -0.3 is 16.2 Å². The van der Waals surface area contributed by atoms with Gasteiger partial charge in [-0.3, -0.25) is 0 Å². The van der Waals surface area contributed by atoms with Crippen LogP contribution < -0.4 is 11.1 Å². The first-order valence-corrected chi connectivity index (χ1v) is 5.69. The Bertz CT molecular complexity index is 400. The maximum atomic E-state index is 11.0. The fourth-order valence-electron chi connectivity index (χ4n) is 1.31. The van der Waals surface area contributed by atoms with Gasteiger partial charge in [-0.05, 0) is 6.42 Å². The number of aliphatic carboxylic acids is 1. The van der Waals surface area contributed by atoms with Crippen molar-refractivity contribution in [1.29, 1.82) is 0 Å². The number of hydrogen-bond acceptors (Lipinski definition) is 5. The Hall–Kier alpha value is -1.56. The average Bonchev–Trinajstić information content (AvgIpc) is 2.29. The maximum Gasteiger partial charge on any atom is 0.326 e. The highest BCUT2D eigenvalue weighted by Gasteiger charge is 2.19. The van der Waals surface area contributed by atoms with E-state index in [2.05, 4.69) is 15.3 Å². The van der Waals surface area contributed by atoms with Gasteiger partial charge in [0.2, 0.25) is 0 Å². The summed E-state index contributed by atoms with van der Waals surface area (Å²) >= 11 is 5.87. The lowest BCUT2D eigenvalue weighted by molar-refractivity contribution is -0.138. The highest BCUT2D eigenvalue weighted by molar-refractivity contribution is 6.35. The van der Waals surface area contributed by atoms with E-state index in [0.29, 0.717) is 6.42 Å². The second kappa shape index (κ2) is 6.24. The van der Waals surface area contributed by atoms with Gasteiger partial charge in [0.1, 0.15) is 23.2 Å². The van der Waals surface area contributed by atoms with Crippen molar-refractivity contribution in [2.75, 3.05) is 11.1 Å². The Balaban J connectivity index is 2.78. The van der Waals surface area contributed by atoms with Crippen LogP contribution in [-0.2, 0) is 4.79 Å². The van der Waals surface area contributed by atoms with Crippen LogP contribution in [0.25, 0.3) is 0 Å². The molecule has 0 aliphatic heterocycles. The Kier molecular flexibility index (Phi) is 4.96. The second-order valence-electron chi connectivity index (χ2n) is 3.60. The molecule has 0 bridgehead atoms. The summed E-state index contributed by atoms with van der Waals surface area (Å²) in [7, 11) is 0. The van der Waals surface area contributed by atoms with E-state index in [9.17, 15) is 4.79 Å². The first kappa shape index (κ1) is 13.5. The molecule has 1 aromatic rings. The molecule has 0 radical (unpaired) electrons. The summed E-state index contributed by atoms with van der Waals surface area (Å²) in [6, 6.07) is -0.721. The van der Waals surface area contributed by atoms with E-state index in [1.165, 1.54) is 6.33 Å². The number of carbonyl (C=O) groups is 1. The molecule has 0 saturated heterocycles. The van der Waals surface area contributed by atoms with Gasteiger partial charge >= 0.3 is 5.97 Å². The molecule has 0 aromatic carbocycles. The monoisotopic (exact) mass is 258 g/mol. The van der Waals surface area contributed by atoms with Crippen LogP contribution in [0.2, 0.25) is 5.02 Å². The number of unbranched alkanes of at least 4 members (excludes halogenated alkanes) is 1. The van der Waals surface area contributed by atoms with Crippen LogP contribution >= 0.6 is 11.6 Å². The number of nitrogen functional groups attached to an aromatic ring is 1. The Morgan fingerprint density at radius 2 is 2.35 bits per heavy atom. The lowest BCUT2D eigenvalue weighted by atomic mass is 10.1. The molecule has 0 aliphatic rings. The van der Waals surface area contributed by atoms with Gasteiger partial charge in [-0.1, -0.05) is 31.4 Å². The van der Waals surface area contributed by atoms with Gasteiger partial charge in [0, 0.05) is 0 Å². The summed E-state index contributed by atoms with van der Waals surface area (Å²) in [5, 5.41) is 11.9. The number of rotatable bonds is 6. The fraction of sp³-hybridized carbons (Fsp3) is 0.500. The van der Waals surface area contributed by atoms with E-state index >= 15 is 0 Å². The number of aromatic nitrogens is 2. The molecule has 6 nitrogen and oxygen atoms in total. The molecule has 7 heteroatoms. The van der Waals surface area contributed by atoms with Gasteiger partial charge in [-0.25, -0.2) is 14.8 Å². The van der Waals surface area contributed by atoms with Crippen molar-refractivity contribution in [3.8, 4) is 0 Å². The fourth-order valence-corrected chi connectivity index (χ4v) is 1.47. The van der Waals surface area contributed by atoms with Crippen molar-refractivity contribution in [2.24, 2.45) is 0 Å². The van der Waals surface area contributed by atoms with Crippen molar-refractivity contribution in [2.45, 2.75) is 32.2 Å². The van der Waals surface area contributed by atoms with Crippen molar-refractivity contribution in [1.82, 2.24) is 9.97 Å². The lowest BCUT2D eigenvalue weighted by Crippen LogP contribution is -2.29. The molecule has 0 amide bonds. The number of hydrogen-bond donors (Lipinski definition) is 3. The minimum Gasteiger partial charge on any atom is -0.480 e. The molecule has 1 heterocycles. The van der Waals surface area contributed by atoms with Crippen LogP contribution in [0.3, 0.4) is 0 Å². The van der Waals surface area contributed by atoms with Crippen LogP contribution in [-0.4, -0.2) is 27.1 Å². The Morgan fingerprint density at radius 1 is 1.65 bits per heavy atom. The SMILES string of the molecule is CCCCC(Nc1ncnc(N)c1Cl)C(=O)O. The van der Waals surface area contributed by atoms with Crippen LogP contribution in [0.15, 0.2) is 6.33 Å². The number of carboxylic acid groups (broad SMARTS) is 1. The van der Waals surface area contributed by atoms with Gasteiger partial charge in [0.05, 0.1) is 0 Å². The molecule has 0 aliphatic carbocycles. The van der Waals surface area contributed by atoms with Crippen molar-refractivity contribution in [3.63, 3.8) is 0 Å². The number of nitrogens with two attached hydrogens (primary N) is 1. The Labute approximate surface area is 104 Å². The summed E-state index contributed by atoms with van der Waals surface area (Å²) in [5.74, 6) is -0.557. The van der Waals surface area contributed by atoms with E-state index in [1.807, 2.05) is 6.92 Å². The van der Waals surface area contributed by atoms with Crippen molar-refractivity contribution in [3.05, 3.63) is 11.3 Å². The molecular weight excluding hydrogens is 244 g/mol. The second-order valence-corrected chi connectivity index (χ2v) is 3.98. The summed E-state index contributed by atoms with van der Waals surface area (Å²) < 4.78 is 0. The average molecular weight is 259 g/mol. The Morgan fingerprint density at radius 3 is 2.94 bits per heavy atom. The normalized spacial score (nSPS) is 12.1. The van der Waals surface area contributed by atoms with E-state index in [-0.39, 0.29) is 16.7 Å². The number of halogens is 1. The van der Waals surface area contributed by atoms with Gasteiger partial charge in [0.25, 0.3) is 0 Å². The molecule has 1 rings (SSSR count). The van der Waals surface area contributed by atoms with Gasteiger partial charge in [0.15, 0.2) is 5.82 Å². The predicted molar refractivity (Wildman–Crippen MR) is 66.0 cm³/mol. The van der Waals surface area contributed by atoms with E-state index in [1.54, 1.807) is 0 Å². The summed E-state index contributed by atoms with van der Waals surface area (Å²) in [4.78, 5) is 18.6. The highest BCUT2D eigenvalue weighted by atomic mass is 35.5. The smallest absolute Gasteiger partial charge is 0.326 e. The van der Waals surface area contributed by atoms with Gasteiger partial charge in [-0.15, -0.1) is 0 Å². The van der Waals surface area contributed by atoms with Crippen LogP contribution in [0.4, 0.5) is 11.6 Å². The van der Waals surface area contributed by atoms with E-state index in [0.717, 1.165) is 12.8 Å². The summed E-state index contributed by atoms with van der Waals surface area (Å²) in [6.07, 6.45) is 3.47. The lowest BCUT2D eigenvalue weighted by Gasteiger charge is -2.15. The highest BCUT2D eigenvalue weighted by Crippen LogP contribution is 2.24. The zero-order valence-corrected chi connectivity index (χ0v) is 10.2. The number of nitrogens with one attached hydrogen (secondary N) is 1. The zero-order valence-electron chi connectivity index (χ0n) is 9.48. The van der Waals surface area contributed by atoms with E-state index < -0.39 is 12.0 Å². The molecule has 1 unspecified atom stereocenters. The maximum absolute atomic E-state index is 11.0. The number of carboxylic acids is 1. The third kappa shape index (κ3) is 3.74. The first-order chi connectivity index (χ1) is 8.06. The quantitative estimate of drug-likeness (QED) is 0.719. The zero-order chi connectivity index (χ0) is 12.8. The molecular formula is C10H15ClN4O2. The minimum absolute atomic E-state index is 0.129. The van der Waals surface area contributed by atoms with Crippen molar-refractivity contribution >= 4 is 29.2 Å². The summed E-state index contributed by atoms with van der Waals surface area (Å²) in [5.41, 5.74) is 5.50. The first-order valence-electron chi connectivity index (χ1n) is 5.31. The molecule has 0 spiro atoms. The molecule has 17 heavy (non-hydrogen) atoms. The largest absolute Gasteiger partial charge is 0.480 e. The molecule has 0 saturated carbocycles. The topological polar surface area (TPSA) is 101 Å². The molecule has 94 valence electrons. The van der Waals surface area contributed by atoms with E-state index in [4.69, 9.17) is 22.4 Å². The van der Waals surface area contributed by atoms with Crippen molar-refractivity contribution < 1.29 is 9.90 Å². The van der Waals surface area contributed by atoms with Crippen LogP contribution in [0, 0.1) is 0 Å². The van der Waals surface area contributed by atoms with Gasteiger partial charge in [-0.2, -0.15) is 0 Å².